The topological polar surface area (TPSA) is 85.9 Å². The van der Waals surface area contributed by atoms with Gasteiger partial charge < -0.3 is 24.8 Å². The van der Waals surface area contributed by atoms with Crippen LogP contribution in [-0.2, 0) is 16.1 Å². The zero-order valence-electron chi connectivity index (χ0n) is 17.1. The molecule has 1 aliphatic rings. The van der Waals surface area contributed by atoms with Crippen LogP contribution in [-0.4, -0.2) is 25.2 Å². The van der Waals surface area contributed by atoms with Gasteiger partial charge in [0, 0.05) is 5.70 Å². The van der Waals surface area contributed by atoms with Gasteiger partial charge in [-0.25, -0.2) is 4.79 Å². The Morgan fingerprint density at radius 2 is 1.80 bits per heavy atom. The Balaban J connectivity index is 1.88. The number of ether oxygens (including phenoxy) is 3. The van der Waals surface area contributed by atoms with Crippen molar-refractivity contribution in [1.29, 1.82) is 0 Å². The van der Waals surface area contributed by atoms with Crippen LogP contribution in [0.2, 0.25) is 0 Å². The number of amides is 2. The maximum atomic E-state index is 12.5. The summed E-state index contributed by atoms with van der Waals surface area (Å²) in [7, 11) is 0. The highest BCUT2D eigenvalue weighted by Gasteiger charge is 2.39. The molecule has 0 bridgehead atoms. The number of carbonyl (C=O) groups is 2. The van der Waals surface area contributed by atoms with Crippen molar-refractivity contribution in [2.75, 3.05) is 13.2 Å². The monoisotopic (exact) mass is 410 g/mol. The molecule has 2 aromatic carbocycles. The second-order valence-electron chi connectivity index (χ2n) is 6.74. The number of hydrogen-bond acceptors (Lipinski definition) is 5. The van der Waals surface area contributed by atoms with E-state index in [4.69, 9.17) is 14.2 Å². The van der Waals surface area contributed by atoms with Crippen LogP contribution in [0.5, 0.6) is 11.5 Å². The Labute approximate surface area is 176 Å². The summed E-state index contributed by atoms with van der Waals surface area (Å²) < 4.78 is 16.9. The van der Waals surface area contributed by atoms with Crippen LogP contribution in [0.3, 0.4) is 0 Å². The molecule has 1 aliphatic heterocycles. The molecule has 1 fully saturated rings. The van der Waals surface area contributed by atoms with Crippen LogP contribution < -0.4 is 20.1 Å². The van der Waals surface area contributed by atoms with E-state index in [0.29, 0.717) is 36.0 Å². The summed E-state index contributed by atoms with van der Waals surface area (Å²) in [4.78, 5) is 24.5. The van der Waals surface area contributed by atoms with Gasteiger partial charge in [0.25, 0.3) is 0 Å². The third-order valence-corrected chi connectivity index (χ3v) is 4.67. The second kappa shape index (κ2) is 9.82. The molecule has 0 unspecified atom stereocenters. The maximum absolute atomic E-state index is 12.5. The predicted octanol–water partition coefficient (Wildman–Crippen LogP) is 3.71. The van der Waals surface area contributed by atoms with Crippen molar-refractivity contribution in [2.24, 2.45) is 5.92 Å². The van der Waals surface area contributed by atoms with Gasteiger partial charge in [0.15, 0.2) is 11.5 Å². The Bertz CT molecular complexity index is 913. The number of rotatable bonds is 8. The zero-order valence-corrected chi connectivity index (χ0v) is 17.1. The van der Waals surface area contributed by atoms with Crippen molar-refractivity contribution in [2.45, 2.75) is 26.5 Å². The Morgan fingerprint density at radius 3 is 2.50 bits per heavy atom. The van der Waals surface area contributed by atoms with E-state index < -0.39 is 24.0 Å². The van der Waals surface area contributed by atoms with Gasteiger partial charge in [-0.15, -0.1) is 0 Å². The van der Waals surface area contributed by atoms with Crippen molar-refractivity contribution in [1.82, 2.24) is 10.6 Å². The molecule has 0 aromatic heterocycles. The zero-order chi connectivity index (χ0) is 21.5. The van der Waals surface area contributed by atoms with Crippen LogP contribution >= 0.6 is 0 Å². The lowest BCUT2D eigenvalue weighted by Gasteiger charge is -2.33. The summed E-state index contributed by atoms with van der Waals surface area (Å²) in [5.41, 5.74) is 2.03. The summed E-state index contributed by atoms with van der Waals surface area (Å²) >= 11 is 0. The highest BCUT2D eigenvalue weighted by atomic mass is 16.5. The molecule has 2 amide bonds. The molecule has 0 aliphatic carbocycles. The van der Waals surface area contributed by atoms with E-state index in [-0.39, 0.29) is 6.61 Å². The standard InChI is InChI=1S/C23H26N2O5/c1-4-28-19-13-17(11-12-18(19)30-14-16-9-7-6-8-10-16)21-20(22(26)29-5-2)15(3)24-23(27)25-21/h6-13,20-21H,3-5,14H2,1-2H3,(H2,24,25,27)/t20-,21+/m1/s1. The molecule has 0 spiro atoms. The highest BCUT2D eigenvalue weighted by molar-refractivity contribution is 5.85. The van der Waals surface area contributed by atoms with Crippen LogP contribution in [0.4, 0.5) is 4.79 Å². The van der Waals surface area contributed by atoms with Gasteiger partial charge in [-0.3, -0.25) is 4.79 Å². The molecule has 2 atom stereocenters. The smallest absolute Gasteiger partial charge is 0.319 e. The predicted molar refractivity (Wildman–Crippen MR) is 112 cm³/mol. The van der Waals surface area contributed by atoms with E-state index >= 15 is 0 Å². The molecule has 7 heteroatoms. The summed E-state index contributed by atoms with van der Waals surface area (Å²) in [5, 5.41) is 5.35. The van der Waals surface area contributed by atoms with Crippen molar-refractivity contribution in [3.8, 4) is 11.5 Å². The fourth-order valence-electron chi connectivity index (χ4n) is 3.31. The van der Waals surface area contributed by atoms with Gasteiger partial charge in [0.1, 0.15) is 12.5 Å². The molecule has 158 valence electrons. The summed E-state index contributed by atoms with van der Waals surface area (Å²) in [6, 6.07) is 14.1. The molecular formula is C23H26N2O5. The average molecular weight is 410 g/mol. The molecule has 2 aromatic rings. The Hall–Kier alpha value is -3.48. The first-order chi connectivity index (χ1) is 14.5. The average Bonchev–Trinajstić information content (AvgIpc) is 2.73. The number of carbonyl (C=O) groups excluding carboxylic acids is 2. The van der Waals surface area contributed by atoms with Gasteiger partial charge in [0.2, 0.25) is 0 Å². The largest absolute Gasteiger partial charge is 0.490 e. The number of esters is 1. The Morgan fingerprint density at radius 1 is 1.03 bits per heavy atom. The fraction of sp³-hybridized carbons (Fsp3) is 0.304. The fourth-order valence-corrected chi connectivity index (χ4v) is 3.31. The molecule has 2 N–H and O–H groups in total. The minimum Gasteiger partial charge on any atom is -0.490 e. The third kappa shape index (κ3) is 4.92. The number of urea groups is 1. The van der Waals surface area contributed by atoms with E-state index in [9.17, 15) is 9.59 Å². The molecule has 3 rings (SSSR count). The highest BCUT2D eigenvalue weighted by Crippen LogP contribution is 2.36. The lowest BCUT2D eigenvalue weighted by Crippen LogP contribution is -2.51. The first-order valence-corrected chi connectivity index (χ1v) is 9.89. The molecule has 30 heavy (non-hydrogen) atoms. The van der Waals surface area contributed by atoms with E-state index in [1.807, 2.05) is 37.3 Å². The molecule has 0 radical (unpaired) electrons. The van der Waals surface area contributed by atoms with E-state index in [1.165, 1.54) is 0 Å². The quantitative estimate of drug-likeness (QED) is 0.648. The van der Waals surface area contributed by atoms with Crippen molar-refractivity contribution in [3.05, 3.63) is 71.9 Å². The normalized spacial score (nSPS) is 18.2. The minimum absolute atomic E-state index is 0.236. The molecular weight excluding hydrogens is 384 g/mol. The summed E-state index contributed by atoms with van der Waals surface area (Å²) in [6.07, 6.45) is 0. The summed E-state index contributed by atoms with van der Waals surface area (Å²) in [5.74, 6) is -0.0984. The van der Waals surface area contributed by atoms with Crippen molar-refractivity contribution in [3.63, 3.8) is 0 Å². The number of hydrogen-bond donors (Lipinski definition) is 2. The molecule has 7 nitrogen and oxygen atoms in total. The molecule has 1 heterocycles. The first-order valence-electron chi connectivity index (χ1n) is 9.89. The number of nitrogens with one attached hydrogen (secondary N) is 2. The molecule has 1 saturated heterocycles. The lowest BCUT2D eigenvalue weighted by atomic mass is 9.89. The van der Waals surface area contributed by atoms with E-state index in [2.05, 4.69) is 17.2 Å². The van der Waals surface area contributed by atoms with Crippen LogP contribution in [0, 0.1) is 5.92 Å². The second-order valence-corrected chi connectivity index (χ2v) is 6.74. The van der Waals surface area contributed by atoms with Crippen molar-refractivity contribution >= 4 is 12.0 Å². The van der Waals surface area contributed by atoms with Gasteiger partial charge in [0.05, 0.1) is 19.3 Å². The third-order valence-electron chi connectivity index (χ3n) is 4.67. The molecule has 0 saturated carbocycles. The van der Waals surface area contributed by atoms with Crippen LogP contribution in [0.25, 0.3) is 0 Å². The summed E-state index contributed by atoms with van der Waals surface area (Å²) in [6.45, 7) is 8.52. The lowest BCUT2D eigenvalue weighted by molar-refractivity contribution is -0.147. The van der Waals surface area contributed by atoms with Gasteiger partial charge in [-0.2, -0.15) is 0 Å². The maximum Gasteiger partial charge on any atom is 0.319 e. The van der Waals surface area contributed by atoms with E-state index in [1.54, 1.807) is 25.1 Å². The first kappa shape index (κ1) is 21.2. The number of benzene rings is 2. The van der Waals surface area contributed by atoms with E-state index in [0.717, 1.165) is 5.56 Å². The Kier molecular flexibility index (Phi) is 6.95. The SMILES string of the molecule is C=C1NC(=O)N[C@@H](c2ccc(OCc3ccccc3)c(OCC)c2)[C@@H]1C(=O)OCC. The van der Waals surface area contributed by atoms with Crippen molar-refractivity contribution < 1.29 is 23.8 Å². The minimum atomic E-state index is -0.756. The van der Waals surface area contributed by atoms with Gasteiger partial charge >= 0.3 is 12.0 Å². The van der Waals surface area contributed by atoms with Crippen LogP contribution in [0.1, 0.15) is 31.0 Å². The van der Waals surface area contributed by atoms with Crippen LogP contribution in [0.15, 0.2) is 60.8 Å². The van der Waals surface area contributed by atoms with Gasteiger partial charge in [-0.05, 0) is 37.1 Å². The van der Waals surface area contributed by atoms with Gasteiger partial charge in [-0.1, -0.05) is 43.0 Å².